The Morgan fingerprint density at radius 3 is 2.50 bits per heavy atom. The zero-order valence-electron chi connectivity index (χ0n) is 11.7. The monoisotopic (exact) mass is 290 g/mol. The molecule has 0 aromatic heterocycles. The number of benzene rings is 2. The Balaban J connectivity index is 2.38. The number of hydrogen-bond acceptors (Lipinski definition) is 3. The van der Waals surface area contributed by atoms with Crippen LogP contribution in [0.15, 0.2) is 42.5 Å². The number of anilines is 2. The molecule has 0 saturated carbocycles. The van der Waals surface area contributed by atoms with Crippen molar-refractivity contribution in [3.63, 3.8) is 0 Å². The summed E-state index contributed by atoms with van der Waals surface area (Å²) in [6.45, 7) is 3.88. The fraction of sp³-hybridized carbons (Fsp3) is 0.250. The summed E-state index contributed by atoms with van der Waals surface area (Å²) < 4.78 is 0. The SMILES string of the molecule is Cc1cc(N)c(Cl)cc1NC(C)(CO)c1ccccc1. The second-order valence-corrected chi connectivity index (χ2v) is 5.58. The molecule has 0 amide bonds. The van der Waals surface area contributed by atoms with Crippen molar-refractivity contribution in [2.24, 2.45) is 0 Å². The lowest BCUT2D eigenvalue weighted by Gasteiger charge is -2.31. The molecule has 0 saturated heterocycles. The molecule has 0 aliphatic heterocycles. The number of rotatable bonds is 4. The lowest BCUT2D eigenvalue weighted by Crippen LogP contribution is -2.36. The van der Waals surface area contributed by atoms with Crippen molar-refractivity contribution in [1.29, 1.82) is 0 Å². The topological polar surface area (TPSA) is 58.3 Å². The van der Waals surface area contributed by atoms with E-state index >= 15 is 0 Å². The van der Waals surface area contributed by atoms with Crippen LogP contribution in [0, 0.1) is 6.92 Å². The number of aryl methyl sites for hydroxylation is 1. The third-order valence-corrected chi connectivity index (χ3v) is 3.81. The van der Waals surface area contributed by atoms with Crippen LogP contribution in [-0.4, -0.2) is 11.7 Å². The van der Waals surface area contributed by atoms with E-state index in [9.17, 15) is 5.11 Å². The Bertz CT molecular complexity index is 601. The van der Waals surface area contributed by atoms with Crippen LogP contribution in [0.1, 0.15) is 18.1 Å². The first-order valence-electron chi connectivity index (χ1n) is 6.46. The molecule has 3 nitrogen and oxygen atoms in total. The van der Waals surface area contributed by atoms with E-state index in [2.05, 4.69) is 5.32 Å². The number of nitrogens with two attached hydrogens (primary N) is 1. The number of halogens is 1. The van der Waals surface area contributed by atoms with Gasteiger partial charge in [-0.3, -0.25) is 0 Å². The molecule has 1 unspecified atom stereocenters. The molecule has 106 valence electrons. The van der Waals surface area contributed by atoms with Crippen LogP contribution in [0.5, 0.6) is 0 Å². The van der Waals surface area contributed by atoms with Gasteiger partial charge in [0.25, 0.3) is 0 Å². The highest BCUT2D eigenvalue weighted by Gasteiger charge is 2.26. The Morgan fingerprint density at radius 1 is 1.25 bits per heavy atom. The van der Waals surface area contributed by atoms with Crippen LogP contribution in [-0.2, 0) is 5.54 Å². The molecule has 4 heteroatoms. The van der Waals surface area contributed by atoms with Gasteiger partial charge in [0.15, 0.2) is 0 Å². The lowest BCUT2D eigenvalue weighted by atomic mass is 9.92. The second kappa shape index (κ2) is 5.73. The predicted molar refractivity (Wildman–Crippen MR) is 85.1 cm³/mol. The molecule has 0 heterocycles. The minimum absolute atomic E-state index is 0.0293. The molecule has 2 aromatic carbocycles. The van der Waals surface area contributed by atoms with Crippen LogP contribution in [0.4, 0.5) is 11.4 Å². The second-order valence-electron chi connectivity index (χ2n) is 5.17. The summed E-state index contributed by atoms with van der Waals surface area (Å²) in [7, 11) is 0. The number of nitrogen functional groups attached to an aromatic ring is 1. The van der Waals surface area contributed by atoms with E-state index in [1.807, 2.05) is 50.2 Å². The van der Waals surface area contributed by atoms with Crippen molar-refractivity contribution in [3.05, 3.63) is 58.6 Å². The van der Waals surface area contributed by atoms with E-state index < -0.39 is 5.54 Å². The predicted octanol–water partition coefficient (Wildman–Crippen LogP) is 3.55. The van der Waals surface area contributed by atoms with Gasteiger partial charge >= 0.3 is 0 Å². The molecule has 0 bridgehead atoms. The van der Waals surface area contributed by atoms with E-state index in [1.165, 1.54) is 0 Å². The number of hydrogen-bond donors (Lipinski definition) is 3. The first kappa shape index (κ1) is 14.7. The van der Waals surface area contributed by atoms with Crippen molar-refractivity contribution in [3.8, 4) is 0 Å². The van der Waals surface area contributed by atoms with Gasteiger partial charge in [-0.25, -0.2) is 0 Å². The highest BCUT2D eigenvalue weighted by Crippen LogP contribution is 2.31. The highest BCUT2D eigenvalue weighted by molar-refractivity contribution is 6.33. The summed E-state index contributed by atoms with van der Waals surface area (Å²) in [5.74, 6) is 0. The third kappa shape index (κ3) is 2.89. The van der Waals surface area contributed by atoms with Crippen molar-refractivity contribution in [1.82, 2.24) is 0 Å². The maximum absolute atomic E-state index is 9.79. The van der Waals surface area contributed by atoms with Gasteiger partial charge in [0.05, 0.1) is 22.9 Å². The molecular formula is C16H19ClN2O. The molecule has 0 fully saturated rings. The van der Waals surface area contributed by atoms with E-state index in [4.69, 9.17) is 17.3 Å². The molecule has 0 spiro atoms. The van der Waals surface area contributed by atoms with Gasteiger partial charge in [0.2, 0.25) is 0 Å². The molecule has 1 atom stereocenters. The highest BCUT2D eigenvalue weighted by atomic mass is 35.5. The summed E-state index contributed by atoms with van der Waals surface area (Å²) >= 11 is 6.08. The minimum Gasteiger partial charge on any atom is -0.398 e. The largest absolute Gasteiger partial charge is 0.398 e. The van der Waals surface area contributed by atoms with Crippen molar-refractivity contribution in [2.75, 3.05) is 17.7 Å². The number of aliphatic hydroxyl groups excluding tert-OH is 1. The van der Waals surface area contributed by atoms with Crippen molar-refractivity contribution >= 4 is 23.0 Å². The molecule has 0 aliphatic rings. The van der Waals surface area contributed by atoms with Crippen LogP contribution in [0.25, 0.3) is 0 Å². The molecule has 2 aromatic rings. The van der Waals surface area contributed by atoms with Crippen molar-refractivity contribution < 1.29 is 5.11 Å². The first-order valence-corrected chi connectivity index (χ1v) is 6.84. The van der Waals surface area contributed by atoms with Crippen LogP contribution in [0.3, 0.4) is 0 Å². The summed E-state index contributed by atoms with van der Waals surface area (Å²) in [5, 5.41) is 13.7. The molecule has 4 N–H and O–H groups in total. The van der Waals surface area contributed by atoms with Gasteiger partial charge in [-0.2, -0.15) is 0 Å². The standard InChI is InChI=1S/C16H19ClN2O/c1-11-8-14(18)13(17)9-15(11)19-16(2,10-20)12-6-4-3-5-7-12/h3-9,19-20H,10,18H2,1-2H3. The van der Waals surface area contributed by atoms with Gasteiger partial charge in [-0.05, 0) is 37.1 Å². The van der Waals surface area contributed by atoms with Gasteiger partial charge < -0.3 is 16.2 Å². The van der Waals surface area contributed by atoms with Gasteiger partial charge in [-0.1, -0.05) is 41.9 Å². The summed E-state index contributed by atoms with van der Waals surface area (Å²) in [6.07, 6.45) is 0. The maximum Gasteiger partial charge on any atom is 0.0828 e. The number of nitrogens with one attached hydrogen (secondary N) is 1. The molecule has 20 heavy (non-hydrogen) atoms. The van der Waals surface area contributed by atoms with E-state index in [0.717, 1.165) is 16.8 Å². The minimum atomic E-state index is -0.578. The summed E-state index contributed by atoms with van der Waals surface area (Å²) in [6, 6.07) is 13.4. The van der Waals surface area contributed by atoms with Gasteiger partial charge in [0.1, 0.15) is 0 Å². The van der Waals surface area contributed by atoms with Gasteiger partial charge in [0, 0.05) is 5.69 Å². The van der Waals surface area contributed by atoms with Crippen molar-refractivity contribution in [2.45, 2.75) is 19.4 Å². The fourth-order valence-electron chi connectivity index (χ4n) is 2.14. The summed E-state index contributed by atoms with van der Waals surface area (Å²) in [5.41, 5.74) is 8.63. The van der Waals surface area contributed by atoms with E-state index in [0.29, 0.717) is 10.7 Å². The van der Waals surface area contributed by atoms with Crippen LogP contribution < -0.4 is 11.1 Å². The quantitative estimate of drug-likeness (QED) is 0.755. The molecule has 0 radical (unpaired) electrons. The molecular weight excluding hydrogens is 272 g/mol. The number of aliphatic hydroxyl groups is 1. The van der Waals surface area contributed by atoms with E-state index in [1.54, 1.807) is 6.07 Å². The molecule has 2 rings (SSSR count). The van der Waals surface area contributed by atoms with E-state index in [-0.39, 0.29) is 6.61 Å². The fourth-order valence-corrected chi connectivity index (χ4v) is 2.31. The molecule has 0 aliphatic carbocycles. The smallest absolute Gasteiger partial charge is 0.0828 e. The van der Waals surface area contributed by atoms with Crippen LogP contribution >= 0.6 is 11.6 Å². The Kier molecular flexibility index (Phi) is 4.21. The average Bonchev–Trinajstić information content (AvgIpc) is 2.45. The Labute approximate surface area is 124 Å². The maximum atomic E-state index is 9.79. The zero-order valence-corrected chi connectivity index (χ0v) is 12.4. The van der Waals surface area contributed by atoms with Gasteiger partial charge in [-0.15, -0.1) is 0 Å². The first-order chi connectivity index (χ1) is 9.46. The third-order valence-electron chi connectivity index (χ3n) is 3.48. The summed E-state index contributed by atoms with van der Waals surface area (Å²) in [4.78, 5) is 0. The van der Waals surface area contributed by atoms with Crippen LogP contribution in [0.2, 0.25) is 5.02 Å². The Hall–Kier alpha value is -1.71. The normalized spacial score (nSPS) is 13.8. The Morgan fingerprint density at radius 2 is 1.90 bits per heavy atom. The lowest BCUT2D eigenvalue weighted by molar-refractivity contribution is 0.224. The zero-order chi connectivity index (χ0) is 14.8. The average molecular weight is 291 g/mol.